The summed E-state index contributed by atoms with van der Waals surface area (Å²) in [5.41, 5.74) is 0.706. The number of piperidine rings is 1. The van der Waals surface area contributed by atoms with Crippen LogP contribution in [0.15, 0.2) is 24.3 Å². The SMILES string of the molecule is CCCCN1C(=O)CC[C@@H](C(=O)OCC(=O)[C@H](C#N)C(C)=N)[C@@H]1c1ccc(OC)cc1. The van der Waals surface area contributed by atoms with Crippen molar-refractivity contribution in [3.8, 4) is 11.8 Å². The van der Waals surface area contributed by atoms with Crippen LogP contribution in [0.3, 0.4) is 0 Å². The van der Waals surface area contributed by atoms with Gasteiger partial charge in [0.15, 0.2) is 12.4 Å². The molecule has 1 amide bonds. The molecule has 1 saturated heterocycles. The Morgan fingerprint density at radius 3 is 2.55 bits per heavy atom. The van der Waals surface area contributed by atoms with Crippen LogP contribution in [0.4, 0.5) is 0 Å². The molecule has 0 aromatic heterocycles. The molecule has 1 aliphatic heterocycles. The summed E-state index contributed by atoms with van der Waals surface area (Å²) in [6.07, 6.45) is 2.25. The number of ether oxygens (including phenoxy) is 2. The lowest BCUT2D eigenvalue weighted by Gasteiger charge is -2.40. The van der Waals surface area contributed by atoms with Crippen LogP contribution >= 0.6 is 0 Å². The van der Waals surface area contributed by atoms with E-state index in [2.05, 4.69) is 0 Å². The number of nitrogens with one attached hydrogen (secondary N) is 1. The number of carbonyl (C=O) groups excluding carboxylic acids is 3. The van der Waals surface area contributed by atoms with E-state index < -0.39 is 36.2 Å². The number of methoxy groups -OCH3 is 1. The molecular weight excluding hydrogens is 398 g/mol. The maximum Gasteiger partial charge on any atom is 0.311 e. The van der Waals surface area contributed by atoms with E-state index in [0.29, 0.717) is 18.7 Å². The maximum absolute atomic E-state index is 12.9. The summed E-state index contributed by atoms with van der Waals surface area (Å²) in [5.74, 6) is -2.41. The number of ketones is 1. The zero-order valence-electron chi connectivity index (χ0n) is 18.2. The molecule has 8 nitrogen and oxygen atoms in total. The third-order valence-corrected chi connectivity index (χ3v) is 5.46. The van der Waals surface area contributed by atoms with E-state index in [1.807, 2.05) is 19.1 Å². The number of hydrogen-bond donors (Lipinski definition) is 1. The van der Waals surface area contributed by atoms with E-state index in [-0.39, 0.29) is 18.0 Å². The lowest BCUT2D eigenvalue weighted by atomic mass is 9.84. The molecule has 0 saturated carbocycles. The van der Waals surface area contributed by atoms with Gasteiger partial charge in [-0.05, 0) is 37.5 Å². The van der Waals surface area contributed by atoms with E-state index in [1.54, 1.807) is 30.2 Å². The fourth-order valence-electron chi connectivity index (χ4n) is 3.75. The Morgan fingerprint density at radius 2 is 2.00 bits per heavy atom. The molecule has 8 heteroatoms. The minimum Gasteiger partial charge on any atom is -0.497 e. The normalized spacial score (nSPS) is 19.3. The third kappa shape index (κ3) is 5.91. The van der Waals surface area contributed by atoms with Gasteiger partial charge in [-0.2, -0.15) is 5.26 Å². The second-order valence-electron chi connectivity index (χ2n) is 7.62. The van der Waals surface area contributed by atoms with Crippen LogP contribution < -0.4 is 4.74 Å². The summed E-state index contributed by atoms with van der Waals surface area (Å²) in [6, 6.07) is 8.47. The highest BCUT2D eigenvalue weighted by Crippen LogP contribution is 2.38. The average Bonchev–Trinajstić information content (AvgIpc) is 2.76. The number of nitriles is 1. The van der Waals surface area contributed by atoms with Crippen LogP contribution in [-0.4, -0.2) is 48.5 Å². The molecule has 1 aliphatic rings. The first-order valence-corrected chi connectivity index (χ1v) is 10.4. The van der Waals surface area contributed by atoms with Crippen LogP contribution in [0.1, 0.15) is 51.1 Å². The van der Waals surface area contributed by atoms with Gasteiger partial charge < -0.3 is 19.8 Å². The minimum absolute atomic E-state index is 0.0154. The summed E-state index contributed by atoms with van der Waals surface area (Å²) in [5, 5.41) is 16.6. The highest BCUT2D eigenvalue weighted by atomic mass is 16.5. The Balaban J connectivity index is 2.25. The number of rotatable bonds is 10. The van der Waals surface area contributed by atoms with E-state index >= 15 is 0 Å². The number of hydrogen-bond acceptors (Lipinski definition) is 7. The predicted octanol–water partition coefficient (Wildman–Crippen LogP) is 3.07. The van der Waals surface area contributed by atoms with Crippen molar-refractivity contribution in [2.75, 3.05) is 20.3 Å². The van der Waals surface area contributed by atoms with Gasteiger partial charge >= 0.3 is 5.97 Å². The monoisotopic (exact) mass is 427 g/mol. The van der Waals surface area contributed by atoms with Crippen molar-refractivity contribution in [1.29, 1.82) is 10.7 Å². The summed E-state index contributed by atoms with van der Waals surface area (Å²) >= 11 is 0. The fourth-order valence-corrected chi connectivity index (χ4v) is 3.75. The van der Waals surface area contributed by atoms with Crippen molar-refractivity contribution in [1.82, 2.24) is 4.90 Å². The second-order valence-corrected chi connectivity index (χ2v) is 7.62. The lowest BCUT2D eigenvalue weighted by molar-refractivity contribution is -0.159. The number of carbonyl (C=O) groups is 3. The highest BCUT2D eigenvalue weighted by molar-refractivity contribution is 6.06. The summed E-state index contributed by atoms with van der Waals surface area (Å²) in [7, 11) is 1.56. The van der Waals surface area contributed by atoms with Crippen LogP contribution in [-0.2, 0) is 19.1 Å². The summed E-state index contributed by atoms with van der Waals surface area (Å²) < 4.78 is 10.5. The molecule has 0 aliphatic carbocycles. The molecule has 1 fully saturated rings. The third-order valence-electron chi connectivity index (χ3n) is 5.46. The van der Waals surface area contributed by atoms with Gasteiger partial charge in [0.05, 0.1) is 25.1 Å². The van der Waals surface area contributed by atoms with E-state index in [9.17, 15) is 14.4 Å². The van der Waals surface area contributed by atoms with Crippen LogP contribution in [0.5, 0.6) is 5.75 Å². The Bertz CT molecular complexity index is 859. The summed E-state index contributed by atoms with van der Waals surface area (Å²) in [6.45, 7) is 3.36. The molecule has 0 spiro atoms. The Labute approximate surface area is 182 Å². The molecule has 3 atom stereocenters. The molecular formula is C23H29N3O5. The van der Waals surface area contributed by atoms with Gasteiger partial charge in [-0.25, -0.2) is 0 Å². The largest absolute Gasteiger partial charge is 0.497 e. The fraction of sp³-hybridized carbons (Fsp3) is 0.522. The predicted molar refractivity (Wildman–Crippen MR) is 114 cm³/mol. The first-order chi connectivity index (χ1) is 14.8. The molecule has 31 heavy (non-hydrogen) atoms. The van der Waals surface area contributed by atoms with Crippen molar-refractivity contribution in [2.24, 2.45) is 11.8 Å². The molecule has 1 N–H and O–H groups in total. The Hall–Kier alpha value is -3.21. The highest BCUT2D eigenvalue weighted by Gasteiger charge is 2.41. The van der Waals surface area contributed by atoms with Gasteiger partial charge in [0.1, 0.15) is 11.7 Å². The quantitative estimate of drug-likeness (QED) is 0.452. The topological polar surface area (TPSA) is 121 Å². The lowest BCUT2D eigenvalue weighted by Crippen LogP contribution is -2.46. The molecule has 1 aromatic carbocycles. The molecule has 1 heterocycles. The number of unbranched alkanes of at least 4 members (excludes halogenated alkanes) is 1. The maximum atomic E-state index is 12.9. The van der Waals surface area contributed by atoms with E-state index in [0.717, 1.165) is 18.4 Å². The number of amides is 1. The number of nitrogens with zero attached hydrogens (tertiary/aromatic N) is 2. The van der Waals surface area contributed by atoms with Gasteiger partial charge in [-0.1, -0.05) is 25.5 Å². The minimum atomic E-state index is -1.22. The van der Waals surface area contributed by atoms with Crippen LogP contribution in [0.2, 0.25) is 0 Å². The molecule has 0 unspecified atom stereocenters. The molecule has 166 valence electrons. The van der Waals surface area contributed by atoms with Gasteiger partial charge in [0, 0.05) is 18.7 Å². The van der Waals surface area contributed by atoms with Crippen molar-refractivity contribution in [3.05, 3.63) is 29.8 Å². The number of likely N-dealkylation sites (tertiary alicyclic amines) is 1. The molecule has 2 rings (SSSR count). The number of Topliss-reactive ketones (excluding diaryl/α,β-unsaturated/α-hetero) is 1. The zero-order valence-corrected chi connectivity index (χ0v) is 18.2. The van der Waals surface area contributed by atoms with Crippen molar-refractivity contribution >= 4 is 23.4 Å². The van der Waals surface area contributed by atoms with Crippen LogP contribution in [0, 0.1) is 28.6 Å². The van der Waals surface area contributed by atoms with E-state index in [4.69, 9.17) is 20.1 Å². The van der Waals surface area contributed by atoms with Gasteiger partial charge in [0.25, 0.3) is 0 Å². The Kier molecular flexibility index (Phi) is 8.74. The van der Waals surface area contributed by atoms with Crippen molar-refractivity contribution < 1.29 is 23.9 Å². The van der Waals surface area contributed by atoms with Gasteiger partial charge in [0.2, 0.25) is 5.91 Å². The van der Waals surface area contributed by atoms with Crippen LogP contribution in [0.25, 0.3) is 0 Å². The van der Waals surface area contributed by atoms with Crippen molar-refractivity contribution in [3.63, 3.8) is 0 Å². The number of esters is 1. The van der Waals surface area contributed by atoms with Gasteiger partial charge in [-0.15, -0.1) is 0 Å². The van der Waals surface area contributed by atoms with E-state index in [1.165, 1.54) is 6.92 Å². The standard InChI is InChI=1S/C23H29N3O5/c1-4-5-12-26-21(28)11-10-18(22(26)16-6-8-17(30-3)9-7-16)23(29)31-14-20(27)19(13-24)15(2)25/h6-9,18-19,22,25H,4-5,10-12,14H2,1-3H3/t18-,19-,22+/m1/s1. The van der Waals surface area contributed by atoms with Gasteiger partial charge in [-0.3, -0.25) is 14.4 Å². The number of benzene rings is 1. The smallest absolute Gasteiger partial charge is 0.311 e. The zero-order chi connectivity index (χ0) is 23.0. The Morgan fingerprint density at radius 1 is 1.32 bits per heavy atom. The molecule has 1 aromatic rings. The average molecular weight is 428 g/mol. The first kappa shape index (κ1) is 24.1. The molecule has 0 radical (unpaired) electrons. The molecule has 0 bridgehead atoms. The summed E-state index contributed by atoms with van der Waals surface area (Å²) in [4.78, 5) is 39.5. The second kappa shape index (κ2) is 11.3. The first-order valence-electron chi connectivity index (χ1n) is 10.4. The van der Waals surface area contributed by atoms with Crippen molar-refractivity contribution in [2.45, 2.75) is 45.6 Å².